The fourth-order valence-corrected chi connectivity index (χ4v) is 4.07. The van der Waals surface area contributed by atoms with E-state index in [0.29, 0.717) is 5.75 Å². The molecule has 2 aliphatic rings. The van der Waals surface area contributed by atoms with Crippen molar-refractivity contribution in [3.05, 3.63) is 35.6 Å². The van der Waals surface area contributed by atoms with Crippen LogP contribution in [-0.2, 0) is 4.79 Å². The highest BCUT2D eigenvalue weighted by atomic mass is 32.2. The molecule has 1 aromatic rings. The average molecular weight is 294 g/mol. The van der Waals surface area contributed by atoms with Crippen molar-refractivity contribution < 1.29 is 9.18 Å². The van der Waals surface area contributed by atoms with Gasteiger partial charge in [0.05, 0.1) is 5.75 Å². The van der Waals surface area contributed by atoms with Crippen LogP contribution in [0.4, 0.5) is 4.39 Å². The number of hydrogen-bond acceptors (Lipinski definition) is 3. The third-order valence-corrected chi connectivity index (χ3v) is 5.24. The van der Waals surface area contributed by atoms with E-state index >= 15 is 0 Å². The summed E-state index contributed by atoms with van der Waals surface area (Å²) >= 11 is 1.64. The van der Waals surface area contributed by atoms with E-state index in [2.05, 4.69) is 4.90 Å². The van der Waals surface area contributed by atoms with E-state index in [9.17, 15) is 9.18 Å². The monoisotopic (exact) mass is 294 g/mol. The largest absolute Gasteiger partial charge is 0.325 e. The summed E-state index contributed by atoms with van der Waals surface area (Å²) < 4.78 is 13.0. The van der Waals surface area contributed by atoms with E-state index < -0.39 is 0 Å². The topological polar surface area (TPSA) is 23.6 Å². The van der Waals surface area contributed by atoms with Gasteiger partial charge in [-0.05, 0) is 43.6 Å². The molecule has 2 saturated heterocycles. The van der Waals surface area contributed by atoms with Gasteiger partial charge in [0.25, 0.3) is 0 Å². The second-order valence-electron chi connectivity index (χ2n) is 5.35. The number of carbonyl (C=O) groups is 1. The van der Waals surface area contributed by atoms with Gasteiger partial charge in [0.1, 0.15) is 11.2 Å². The predicted molar refractivity (Wildman–Crippen MR) is 79.0 cm³/mol. The van der Waals surface area contributed by atoms with Crippen molar-refractivity contribution in [1.29, 1.82) is 0 Å². The molecule has 108 valence electrons. The molecular weight excluding hydrogens is 275 g/mol. The maximum absolute atomic E-state index is 13.0. The number of likely N-dealkylation sites (tertiary alicyclic amines) is 1. The Kier molecular flexibility index (Phi) is 4.27. The van der Waals surface area contributed by atoms with Gasteiger partial charge in [-0.1, -0.05) is 12.1 Å². The Morgan fingerprint density at radius 1 is 1.15 bits per heavy atom. The Hall–Kier alpha value is -1.07. The number of halogens is 1. The zero-order chi connectivity index (χ0) is 13.9. The molecule has 0 spiro atoms. The van der Waals surface area contributed by atoms with E-state index in [1.54, 1.807) is 23.9 Å². The van der Waals surface area contributed by atoms with Crippen LogP contribution in [0.25, 0.3) is 0 Å². The van der Waals surface area contributed by atoms with E-state index in [4.69, 9.17) is 0 Å². The SMILES string of the molecule is O=C1CSC(c2ccc(F)cc2)N1CCN1CCCC1. The lowest BCUT2D eigenvalue weighted by Crippen LogP contribution is -2.36. The van der Waals surface area contributed by atoms with Crippen molar-refractivity contribution in [2.75, 3.05) is 31.9 Å². The number of thioether (sulfide) groups is 1. The van der Waals surface area contributed by atoms with Crippen LogP contribution in [-0.4, -0.2) is 47.6 Å². The van der Waals surface area contributed by atoms with Crippen molar-refractivity contribution in [3.63, 3.8) is 0 Å². The number of carbonyl (C=O) groups excluding carboxylic acids is 1. The molecule has 3 nitrogen and oxygen atoms in total. The Balaban J connectivity index is 1.66. The normalized spacial score (nSPS) is 23.8. The van der Waals surface area contributed by atoms with Crippen molar-refractivity contribution >= 4 is 17.7 Å². The van der Waals surface area contributed by atoms with E-state index in [1.165, 1.54) is 25.0 Å². The van der Waals surface area contributed by atoms with Gasteiger partial charge in [-0.15, -0.1) is 11.8 Å². The Labute approximate surface area is 123 Å². The van der Waals surface area contributed by atoms with Crippen LogP contribution in [0.5, 0.6) is 0 Å². The summed E-state index contributed by atoms with van der Waals surface area (Å²) in [4.78, 5) is 16.4. The molecule has 0 aromatic heterocycles. The van der Waals surface area contributed by atoms with Gasteiger partial charge in [0.15, 0.2) is 0 Å². The van der Waals surface area contributed by atoms with Gasteiger partial charge in [-0.25, -0.2) is 4.39 Å². The summed E-state index contributed by atoms with van der Waals surface area (Å²) in [6.45, 7) is 4.02. The molecule has 0 aliphatic carbocycles. The van der Waals surface area contributed by atoms with Gasteiger partial charge in [0, 0.05) is 13.1 Å². The minimum Gasteiger partial charge on any atom is -0.325 e. The molecule has 1 aromatic carbocycles. The van der Waals surface area contributed by atoms with Crippen LogP contribution in [0.1, 0.15) is 23.8 Å². The van der Waals surface area contributed by atoms with Gasteiger partial charge in [-0.2, -0.15) is 0 Å². The van der Waals surface area contributed by atoms with Crippen molar-refractivity contribution in [1.82, 2.24) is 9.80 Å². The highest BCUT2D eigenvalue weighted by Gasteiger charge is 2.32. The number of rotatable bonds is 4. The first-order chi connectivity index (χ1) is 9.74. The first-order valence-electron chi connectivity index (χ1n) is 7.13. The molecule has 0 saturated carbocycles. The quantitative estimate of drug-likeness (QED) is 0.852. The molecule has 3 rings (SSSR count). The maximum Gasteiger partial charge on any atom is 0.233 e. The molecule has 1 unspecified atom stereocenters. The lowest BCUT2D eigenvalue weighted by Gasteiger charge is -2.26. The molecule has 1 amide bonds. The minimum atomic E-state index is -0.230. The number of hydrogen-bond donors (Lipinski definition) is 0. The molecule has 0 bridgehead atoms. The number of amides is 1. The standard InChI is InChI=1S/C15H19FN2OS/c16-13-5-3-12(4-6-13)15-18(14(19)11-20-15)10-9-17-7-1-2-8-17/h3-6,15H,1-2,7-11H2. The molecule has 2 aliphatic heterocycles. The third kappa shape index (κ3) is 2.99. The second kappa shape index (κ2) is 6.14. The molecule has 5 heteroatoms. The van der Waals surface area contributed by atoms with Crippen LogP contribution < -0.4 is 0 Å². The summed E-state index contributed by atoms with van der Waals surface area (Å²) in [6.07, 6.45) is 2.54. The van der Waals surface area contributed by atoms with Crippen molar-refractivity contribution in [2.45, 2.75) is 18.2 Å². The number of benzene rings is 1. The van der Waals surface area contributed by atoms with Gasteiger partial charge < -0.3 is 9.80 Å². The van der Waals surface area contributed by atoms with Crippen LogP contribution >= 0.6 is 11.8 Å². The van der Waals surface area contributed by atoms with Crippen molar-refractivity contribution in [3.8, 4) is 0 Å². The predicted octanol–water partition coefficient (Wildman–Crippen LogP) is 2.50. The van der Waals surface area contributed by atoms with E-state index in [-0.39, 0.29) is 17.1 Å². The first kappa shape index (κ1) is 13.9. The van der Waals surface area contributed by atoms with Crippen LogP contribution in [0.3, 0.4) is 0 Å². The third-order valence-electron chi connectivity index (χ3n) is 3.98. The molecule has 0 N–H and O–H groups in total. The molecule has 2 heterocycles. The van der Waals surface area contributed by atoms with Gasteiger partial charge >= 0.3 is 0 Å². The lowest BCUT2D eigenvalue weighted by atomic mass is 10.2. The second-order valence-corrected chi connectivity index (χ2v) is 6.42. The van der Waals surface area contributed by atoms with Crippen LogP contribution in [0.2, 0.25) is 0 Å². The molecule has 20 heavy (non-hydrogen) atoms. The summed E-state index contributed by atoms with van der Waals surface area (Å²) in [7, 11) is 0. The van der Waals surface area contributed by atoms with Gasteiger partial charge in [-0.3, -0.25) is 4.79 Å². The summed E-state index contributed by atoms with van der Waals surface area (Å²) in [5.74, 6) is 0.498. The number of nitrogens with zero attached hydrogens (tertiary/aromatic N) is 2. The highest BCUT2D eigenvalue weighted by Crippen LogP contribution is 2.38. The molecular formula is C15H19FN2OS. The summed E-state index contributed by atoms with van der Waals surface area (Å²) in [6, 6.07) is 6.51. The first-order valence-corrected chi connectivity index (χ1v) is 8.18. The fourth-order valence-electron chi connectivity index (χ4n) is 2.85. The lowest BCUT2D eigenvalue weighted by molar-refractivity contribution is -0.128. The summed E-state index contributed by atoms with van der Waals surface area (Å²) in [5.41, 5.74) is 1.02. The maximum atomic E-state index is 13.0. The highest BCUT2D eigenvalue weighted by molar-refractivity contribution is 8.00. The Morgan fingerprint density at radius 2 is 1.85 bits per heavy atom. The van der Waals surface area contributed by atoms with Crippen LogP contribution in [0, 0.1) is 5.82 Å². The van der Waals surface area contributed by atoms with E-state index in [1.807, 2.05) is 4.90 Å². The van der Waals surface area contributed by atoms with Crippen molar-refractivity contribution in [2.24, 2.45) is 0 Å². The Bertz CT molecular complexity index is 473. The minimum absolute atomic E-state index is 0.0469. The molecule has 1 atom stereocenters. The smallest absolute Gasteiger partial charge is 0.233 e. The fraction of sp³-hybridized carbons (Fsp3) is 0.533. The zero-order valence-electron chi connectivity index (χ0n) is 11.4. The van der Waals surface area contributed by atoms with Crippen LogP contribution in [0.15, 0.2) is 24.3 Å². The van der Waals surface area contributed by atoms with Gasteiger partial charge in [0.2, 0.25) is 5.91 Å². The van der Waals surface area contributed by atoms with E-state index in [0.717, 1.165) is 31.7 Å². The summed E-state index contributed by atoms with van der Waals surface area (Å²) in [5, 5.41) is 0.0469. The molecule has 0 radical (unpaired) electrons. The zero-order valence-corrected chi connectivity index (χ0v) is 12.2. The Morgan fingerprint density at radius 3 is 2.55 bits per heavy atom. The molecule has 2 fully saturated rings. The average Bonchev–Trinajstić information content (AvgIpc) is 3.07.